The molecule has 0 bridgehead atoms. The van der Waals surface area contributed by atoms with Crippen molar-refractivity contribution < 1.29 is 14.9 Å². The molecule has 5 nitrogen and oxygen atoms in total. The third-order valence-corrected chi connectivity index (χ3v) is 3.92. The topological polar surface area (TPSA) is 56.2 Å². The summed E-state index contributed by atoms with van der Waals surface area (Å²) in [7, 11) is 1.96. The third kappa shape index (κ3) is 5.25. The number of phenolic OH excluding ortho intramolecular Hbond substituents is 1. The van der Waals surface area contributed by atoms with Gasteiger partial charge in [0.15, 0.2) is 0 Å². The van der Waals surface area contributed by atoms with Crippen LogP contribution in [-0.2, 0) is 11.3 Å². The standard InChI is InChI=1S/C17H28N2O3/c1-13-8-19(9-14(2)22-13)12-16(20)11-18(3)10-15-6-4-5-7-17(15)21/h4-7,13-14,16,20-21H,8-12H2,1-3H3. The van der Waals surface area contributed by atoms with E-state index in [1.807, 2.05) is 30.1 Å². The Morgan fingerprint density at radius 3 is 2.55 bits per heavy atom. The molecule has 1 heterocycles. The van der Waals surface area contributed by atoms with Gasteiger partial charge in [0.05, 0.1) is 18.3 Å². The number of likely N-dealkylation sites (N-methyl/N-ethyl adjacent to an activating group) is 1. The molecular formula is C17H28N2O3. The molecule has 2 N–H and O–H groups in total. The van der Waals surface area contributed by atoms with Crippen molar-refractivity contribution in [2.75, 3.05) is 33.2 Å². The minimum Gasteiger partial charge on any atom is -0.508 e. The second-order valence-electron chi connectivity index (χ2n) is 6.46. The van der Waals surface area contributed by atoms with Crippen LogP contribution in [0, 0.1) is 0 Å². The van der Waals surface area contributed by atoms with Crippen molar-refractivity contribution in [1.82, 2.24) is 9.80 Å². The number of hydrogen-bond donors (Lipinski definition) is 2. The SMILES string of the molecule is CC1CN(CC(O)CN(C)Cc2ccccc2O)CC(C)O1. The van der Waals surface area contributed by atoms with E-state index < -0.39 is 6.10 Å². The largest absolute Gasteiger partial charge is 0.508 e. The lowest BCUT2D eigenvalue weighted by Crippen LogP contribution is -2.49. The van der Waals surface area contributed by atoms with Gasteiger partial charge in [0.2, 0.25) is 0 Å². The van der Waals surface area contributed by atoms with Crippen LogP contribution in [0.2, 0.25) is 0 Å². The van der Waals surface area contributed by atoms with E-state index in [-0.39, 0.29) is 12.2 Å². The highest BCUT2D eigenvalue weighted by molar-refractivity contribution is 5.31. The smallest absolute Gasteiger partial charge is 0.120 e. The number of phenols is 1. The molecule has 0 radical (unpaired) electrons. The summed E-state index contributed by atoms with van der Waals surface area (Å²) in [5.74, 6) is 0.305. The second-order valence-corrected chi connectivity index (χ2v) is 6.46. The molecule has 1 aliphatic heterocycles. The van der Waals surface area contributed by atoms with Gasteiger partial charge >= 0.3 is 0 Å². The van der Waals surface area contributed by atoms with Crippen molar-refractivity contribution in [2.24, 2.45) is 0 Å². The molecule has 0 amide bonds. The van der Waals surface area contributed by atoms with Gasteiger partial charge in [-0.15, -0.1) is 0 Å². The zero-order valence-electron chi connectivity index (χ0n) is 13.8. The first kappa shape index (κ1) is 17.2. The zero-order chi connectivity index (χ0) is 16.1. The van der Waals surface area contributed by atoms with E-state index in [1.54, 1.807) is 6.07 Å². The van der Waals surface area contributed by atoms with Crippen molar-refractivity contribution >= 4 is 0 Å². The summed E-state index contributed by atoms with van der Waals surface area (Å²) in [5, 5.41) is 20.1. The molecule has 0 spiro atoms. The van der Waals surface area contributed by atoms with Gasteiger partial charge in [0, 0.05) is 38.3 Å². The van der Waals surface area contributed by atoms with Crippen LogP contribution in [-0.4, -0.2) is 71.6 Å². The van der Waals surface area contributed by atoms with Gasteiger partial charge < -0.3 is 14.9 Å². The number of β-amino-alcohol motifs (C(OH)–C–C–N with tert-alkyl or cyclic N) is 1. The van der Waals surface area contributed by atoms with Crippen LogP contribution >= 0.6 is 0 Å². The first-order valence-corrected chi connectivity index (χ1v) is 7.95. The lowest BCUT2D eigenvalue weighted by Gasteiger charge is -2.36. The highest BCUT2D eigenvalue weighted by Crippen LogP contribution is 2.17. The summed E-state index contributed by atoms with van der Waals surface area (Å²) in [5.41, 5.74) is 0.880. The number of morpholine rings is 1. The van der Waals surface area contributed by atoms with E-state index in [4.69, 9.17) is 4.74 Å². The minimum atomic E-state index is -0.409. The number of aliphatic hydroxyl groups is 1. The molecule has 1 fully saturated rings. The summed E-state index contributed by atoms with van der Waals surface area (Å²) in [6.45, 7) is 7.73. The lowest BCUT2D eigenvalue weighted by atomic mass is 10.1. The summed E-state index contributed by atoms with van der Waals surface area (Å²) in [4.78, 5) is 4.30. The van der Waals surface area contributed by atoms with Crippen LogP contribution in [0.15, 0.2) is 24.3 Å². The predicted octanol–water partition coefficient (Wildman–Crippen LogP) is 1.29. The number of aromatic hydroxyl groups is 1. The molecule has 0 aliphatic carbocycles. The zero-order valence-corrected chi connectivity index (χ0v) is 13.8. The minimum absolute atomic E-state index is 0.218. The third-order valence-electron chi connectivity index (χ3n) is 3.92. The quantitative estimate of drug-likeness (QED) is 0.829. The van der Waals surface area contributed by atoms with Crippen LogP contribution in [0.3, 0.4) is 0 Å². The molecular weight excluding hydrogens is 280 g/mol. The number of aliphatic hydroxyl groups excluding tert-OH is 1. The Hall–Kier alpha value is -1.14. The Balaban J connectivity index is 1.79. The van der Waals surface area contributed by atoms with Crippen molar-refractivity contribution in [3.63, 3.8) is 0 Å². The Labute approximate surface area is 133 Å². The van der Waals surface area contributed by atoms with Crippen LogP contribution in [0.4, 0.5) is 0 Å². The van der Waals surface area contributed by atoms with Gasteiger partial charge in [0.1, 0.15) is 5.75 Å². The monoisotopic (exact) mass is 308 g/mol. The van der Waals surface area contributed by atoms with Crippen LogP contribution in [0.25, 0.3) is 0 Å². The number of rotatable bonds is 6. The van der Waals surface area contributed by atoms with Crippen molar-refractivity contribution in [3.8, 4) is 5.75 Å². The van der Waals surface area contributed by atoms with Gasteiger partial charge in [-0.05, 0) is 27.0 Å². The molecule has 0 saturated carbocycles. The maximum atomic E-state index is 10.3. The van der Waals surface area contributed by atoms with E-state index in [2.05, 4.69) is 18.7 Å². The summed E-state index contributed by atoms with van der Waals surface area (Å²) >= 11 is 0. The van der Waals surface area contributed by atoms with Gasteiger partial charge in [-0.25, -0.2) is 0 Å². The second kappa shape index (κ2) is 7.92. The summed E-state index contributed by atoms with van der Waals surface area (Å²) < 4.78 is 5.71. The summed E-state index contributed by atoms with van der Waals surface area (Å²) in [6, 6.07) is 7.32. The fourth-order valence-electron chi connectivity index (χ4n) is 3.15. The molecule has 3 atom stereocenters. The van der Waals surface area contributed by atoms with Crippen molar-refractivity contribution in [1.29, 1.82) is 0 Å². The molecule has 22 heavy (non-hydrogen) atoms. The van der Waals surface area contributed by atoms with Crippen molar-refractivity contribution in [3.05, 3.63) is 29.8 Å². The maximum absolute atomic E-state index is 10.3. The normalized spacial score (nSPS) is 24.6. The molecule has 1 aromatic carbocycles. The fraction of sp³-hybridized carbons (Fsp3) is 0.647. The van der Waals surface area contributed by atoms with E-state index in [1.165, 1.54) is 0 Å². The number of nitrogens with zero attached hydrogens (tertiary/aromatic N) is 2. The maximum Gasteiger partial charge on any atom is 0.120 e. The average Bonchev–Trinajstić information content (AvgIpc) is 2.39. The van der Waals surface area contributed by atoms with E-state index in [0.29, 0.717) is 25.4 Å². The molecule has 3 unspecified atom stereocenters. The number of para-hydroxylation sites is 1. The van der Waals surface area contributed by atoms with E-state index in [0.717, 1.165) is 18.7 Å². The molecule has 124 valence electrons. The molecule has 2 rings (SSSR count). The Morgan fingerprint density at radius 2 is 1.91 bits per heavy atom. The van der Waals surface area contributed by atoms with Crippen molar-refractivity contribution in [2.45, 2.75) is 38.7 Å². The number of ether oxygens (including phenoxy) is 1. The lowest BCUT2D eigenvalue weighted by molar-refractivity contribution is -0.0777. The molecule has 5 heteroatoms. The Bertz CT molecular complexity index is 459. The first-order chi connectivity index (χ1) is 10.4. The molecule has 1 aromatic rings. The Kier molecular flexibility index (Phi) is 6.20. The first-order valence-electron chi connectivity index (χ1n) is 7.95. The highest BCUT2D eigenvalue weighted by Gasteiger charge is 2.24. The van der Waals surface area contributed by atoms with Gasteiger partial charge in [-0.1, -0.05) is 18.2 Å². The Morgan fingerprint density at radius 1 is 1.27 bits per heavy atom. The molecule has 1 saturated heterocycles. The van der Waals surface area contributed by atoms with Gasteiger partial charge in [0.25, 0.3) is 0 Å². The van der Waals surface area contributed by atoms with Gasteiger partial charge in [-0.2, -0.15) is 0 Å². The average molecular weight is 308 g/mol. The molecule has 1 aliphatic rings. The van der Waals surface area contributed by atoms with Crippen LogP contribution in [0.1, 0.15) is 19.4 Å². The van der Waals surface area contributed by atoms with Crippen LogP contribution in [0.5, 0.6) is 5.75 Å². The summed E-state index contributed by atoms with van der Waals surface area (Å²) in [6.07, 6.45) is 0.0262. The highest BCUT2D eigenvalue weighted by atomic mass is 16.5. The van der Waals surface area contributed by atoms with E-state index >= 15 is 0 Å². The number of benzene rings is 1. The fourth-order valence-corrected chi connectivity index (χ4v) is 3.15. The number of hydrogen-bond acceptors (Lipinski definition) is 5. The molecule has 0 aromatic heterocycles. The van der Waals surface area contributed by atoms with Crippen LogP contribution < -0.4 is 0 Å². The van der Waals surface area contributed by atoms with E-state index in [9.17, 15) is 10.2 Å². The predicted molar refractivity (Wildman–Crippen MR) is 86.9 cm³/mol. The van der Waals surface area contributed by atoms with Gasteiger partial charge in [-0.3, -0.25) is 9.80 Å².